The molecule has 3 heterocycles. The zero-order valence-corrected chi connectivity index (χ0v) is 12.7. The van der Waals surface area contributed by atoms with Crippen molar-refractivity contribution in [3.63, 3.8) is 0 Å². The summed E-state index contributed by atoms with van der Waals surface area (Å²) >= 11 is 1.51. The molecule has 2 aromatic rings. The second-order valence-corrected chi connectivity index (χ2v) is 6.00. The lowest BCUT2D eigenvalue weighted by Gasteiger charge is -2.21. The van der Waals surface area contributed by atoms with Gasteiger partial charge in [-0.3, -0.25) is 4.79 Å². The molecule has 0 N–H and O–H groups in total. The minimum atomic E-state index is 0.0233. The fourth-order valence-corrected chi connectivity index (χ4v) is 2.99. The second kappa shape index (κ2) is 6.17. The third-order valence-electron chi connectivity index (χ3n) is 3.46. The third kappa shape index (κ3) is 3.18. The van der Waals surface area contributed by atoms with E-state index in [1.807, 2.05) is 23.3 Å². The zero-order valence-electron chi connectivity index (χ0n) is 11.9. The molecular weight excluding hydrogens is 286 g/mol. The van der Waals surface area contributed by atoms with E-state index < -0.39 is 0 Å². The van der Waals surface area contributed by atoms with Crippen molar-refractivity contribution in [2.24, 2.45) is 0 Å². The SMILES string of the molecule is Cc1nc(C(=O)N2CCCN(c3ncccn3)CC2)cs1. The molecule has 0 radical (unpaired) electrons. The smallest absolute Gasteiger partial charge is 0.273 e. The maximum atomic E-state index is 12.4. The molecule has 110 valence electrons. The molecule has 6 nitrogen and oxygen atoms in total. The van der Waals surface area contributed by atoms with Crippen molar-refractivity contribution in [1.82, 2.24) is 19.9 Å². The molecule has 7 heteroatoms. The zero-order chi connectivity index (χ0) is 14.7. The first-order chi connectivity index (χ1) is 10.2. The van der Waals surface area contributed by atoms with E-state index in [1.54, 1.807) is 12.4 Å². The van der Waals surface area contributed by atoms with Crippen LogP contribution in [-0.4, -0.2) is 51.9 Å². The van der Waals surface area contributed by atoms with Crippen molar-refractivity contribution in [2.45, 2.75) is 13.3 Å². The Balaban J connectivity index is 1.67. The minimum Gasteiger partial charge on any atom is -0.339 e. The monoisotopic (exact) mass is 303 g/mol. The van der Waals surface area contributed by atoms with Crippen LogP contribution < -0.4 is 4.90 Å². The first kappa shape index (κ1) is 13.9. The fraction of sp³-hybridized carbons (Fsp3) is 0.429. The molecule has 0 aromatic carbocycles. The number of aryl methyl sites for hydroxylation is 1. The molecule has 1 aliphatic heterocycles. The fourth-order valence-electron chi connectivity index (χ4n) is 2.40. The molecule has 0 aliphatic carbocycles. The van der Waals surface area contributed by atoms with E-state index in [0.717, 1.165) is 37.0 Å². The maximum Gasteiger partial charge on any atom is 0.273 e. The Hall–Kier alpha value is -2.02. The summed E-state index contributed by atoms with van der Waals surface area (Å²) in [6, 6.07) is 1.81. The summed E-state index contributed by atoms with van der Waals surface area (Å²) in [5.74, 6) is 0.756. The highest BCUT2D eigenvalue weighted by molar-refractivity contribution is 7.09. The van der Waals surface area contributed by atoms with E-state index in [2.05, 4.69) is 19.9 Å². The lowest BCUT2D eigenvalue weighted by molar-refractivity contribution is 0.0762. The first-order valence-electron chi connectivity index (χ1n) is 6.97. The molecule has 1 amide bonds. The van der Waals surface area contributed by atoms with Crippen molar-refractivity contribution < 1.29 is 4.79 Å². The Morgan fingerprint density at radius 1 is 1.19 bits per heavy atom. The van der Waals surface area contributed by atoms with E-state index in [-0.39, 0.29) is 5.91 Å². The van der Waals surface area contributed by atoms with Crippen molar-refractivity contribution in [3.8, 4) is 0 Å². The van der Waals surface area contributed by atoms with Crippen molar-refractivity contribution in [3.05, 3.63) is 34.5 Å². The number of anilines is 1. The largest absolute Gasteiger partial charge is 0.339 e. The van der Waals surface area contributed by atoms with E-state index in [0.29, 0.717) is 12.2 Å². The Kier molecular flexibility index (Phi) is 4.10. The van der Waals surface area contributed by atoms with Gasteiger partial charge in [-0.2, -0.15) is 0 Å². The molecular formula is C14H17N5OS. The number of hydrogen-bond acceptors (Lipinski definition) is 6. The average molecular weight is 303 g/mol. The van der Waals surface area contributed by atoms with Crippen LogP contribution >= 0.6 is 11.3 Å². The summed E-state index contributed by atoms with van der Waals surface area (Å²) in [5, 5.41) is 2.76. The standard InChI is InChI=1S/C14H17N5OS/c1-11-17-12(10-21-11)13(20)18-6-3-7-19(9-8-18)14-15-4-2-5-16-14/h2,4-5,10H,3,6-9H2,1H3. The van der Waals surface area contributed by atoms with Crippen LogP contribution in [0.5, 0.6) is 0 Å². The number of carbonyl (C=O) groups excluding carboxylic acids is 1. The Morgan fingerprint density at radius 3 is 2.71 bits per heavy atom. The molecule has 0 spiro atoms. The van der Waals surface area contributed by atoms with Crippen LogP contribution in [0.3, 0.4) is 0 Å². The van der Waals surface area contributed by atoms with E-state index in [1.165, 1.54) is 11.3 Å². The van der Waals surface area contributed by atoms with Crippen LogP contribution in [0, 0.1) is 6.92 Å². The molecule has 0 unspecified atom stereocenters. The summed E-state index contributed by atoms with van der Waals surface area (Å²) in [5.41, 5.74) is 0.557. The van der Waals surface area contributed by atoms with Crippen molar-refractivity contribution >= 4 is 23.2 Å². The number of carbonyl (C=O) groups is 1. The van der Waals surface area contributed by atoms with Gasteiger partial charge in [-0.1, -0.05) is 0 Å². The number of aromatic nitrogens is 3. The highest BCUT2D eigenvalue weighted by atomic mass is 32.1. The van der Waals surface area contributed by atoms with Gasteiger partial charge < -0.3 is 9.80 Å². The maximum absolute atomic E-state index is 12.4. The predicted molar refractivity (Wildman–Crippen MR) is 81.6 cm³/mol. The normalized spacial score (nSPS) is 15.9. The summed E-state index contributed by atoms with van der Waals surface area (Å²) in [6.07, 6.45) is 4.40. The molecule has 1 aliphatic rings. The Bertz CT molecular complexity index is 615. The molecule has 1 saturated heterocycles. The van der Waals surface area contributed by atoms with Crippen LogP contribution in [0.2, 0.25) is 0 Å². The molecule has 0 bridgehead atoms. The van der Waals surface area contributed by atoms with Gasteiger partial charge in [0.1, 0.15) is 5.69 Å². The van der Waals surface area contributed by atoms with Gasteiger partial charge in [0.15, 0.2) is 0 Å². The molecule has 0 saturated carbocycles. The molecule has 21 heavy (non-hydrogen) atoms. The van der Waals surface area contributed by atoms with E-state index >= 15 is 0 Å². The lowest BCUT2D eigenvalue weighted by Crippen LogP contribution is -2.35. The quantitative estimate of drug-likeness (QED) is 0.843. The van der Waals surface area contributed by atoms with Crippen LogP contribution in [0.4, 0.5) is 5.95 Å². The minimum absolute atomic E-state index is 0.0233. The van der Waals surface area contributed by atoms with Crippen LogP contribution in [-0.2, 0) is 0 Å². The van der Waals surface area contributed by atoms with Gasteiger partial charge >= 0.3 is 0 Å². The Morgan fingerprint density at radius 2 is 2.00 bits per heavy atom. The first-order valence-corrected chi connectivity index (χ1v) is 7.85. The summed E-state index contributed by atoms with van der Waals surface area (Å²) < 4.78 is 0. The van der Waals surface area contributed by atoms with Gasteiger partial charge in [-0.25, -0.2) is 15.0 Å². The van der Waals surface area contributed by atoms with Crippen molar-refractivity contribution in [1.29, 1.82) is 0 Å². The predicted octanol–water partition coefficient (Wildman–Crippen LogP) is 1.59. The van der Waals surface area contributed by atoms with Crippen molar-refractivity contribution in [2.75, 3.05) is 31.1 Å². The highest BCUT2D eigenvalue weighted by Crippen LogP contribution is 2.14. The number of rotatable bonds is 2. The van der Waals surface area contributed by atoms with Gasteiger partial charge in [0.2, 0.25) is 5.95 Å². The summed E-state index contributed by atoms with van der Waals surface area (Å²) in [4.78, 5) is 29.3. The highest BCUT2D eigenvalue weighted by Gasteiger charge is 2.22. The number of hydrogen-bond donors (Lipinski definition) is 0. The topological polar surface area (TPSA) is 62.2 Å². The van der Waals surface area contributed by atoms with Crippen LogP contribution in [0.1, 0.15) is 21.9 Å². The summed E-state index contributed by atoms with van der Waals surface area (Å²) in [6.45, 7) is 4.95. The van der Waals surface area contributed by atoms with Gasteiger partial charge in [0.25, 0.3) is 5.91 Å². The van der Waals surface area contributed by atoms with Gasteiger partial charge in [-0.05, 0) is 19.4 Å². The van der Waals surface area contributed by atoms with E-state index in [9.17, 15) is 4.79 Å². The number of nitrogens with zero attached hydrogens (tertiary/aromatic N) is 5. The van der Waals surface area contributed by atoms with Crippen LogP contribution in [0.25, 0.3) is 0 Å². The lowest BCUT2D eigenvalue weighted by atomic mass is 10.3. The molecule has 3 rings (SSSR count). The Labute approximate surface area is 127 Å². The van der Waals surface area contributed by atoms with Gasteiger partial charge in [-0.15, -0.1) is 11.3 Å². The molecule has 1 fully saturated rings. The van der Waals surface area contributed by atoms with Gasteiger partial charge in [0, 0.05) is 44.0 Å². The van der Waals surface area contributed by atoms with E-state index in [4.69, 9.17) is 0 Å². The molecule has 0 atom stereocenters. The second-order valence-electron chi connectivity index (χ2n) is 4.93. The van der Waals surface area contributed by atoms with Crippen LogP contribution in [0.15, 0.2) is 23.8 Å². The van der Waals surface area contributed by atoms with Gasteiger partial charge in [0.05, 0.1) is 5.01 Å². The number of amides is 1. The third-order valence-corrected chi connectivity index (χ3v) is 4.23. The molecule has 2 aromatic heterocycles. The number of thiazole rings is 1. The average Bonchev–Trinajstić information content (AvgIpc) is 2.81. The summed E-state index contributed by atoms with van der Waals surface area (Å²) in [7, 11) is 0.